The molecule has 1 aromatic carbocycles. The monoisotopic (exact) mass is 396 g/mol. The van der Waals surface area contributed by atoms with Gasteiger partial charge >= 0.3 is 7.82 Å². The van der Waals surface area contributed by atoms with Gasteiger partial charge in [0.05, 0.1) is 23.9 Å². The summed E-state index contributed by atoms with van der Waals surface area (Å²) in [6.07, 6.45) is 1.61. The van der Waals surface area contributed by atoms with Crippen LogP contribution in [-0.4, -0.2) is 31.0 Å². The molecule has 2 rings (SSSR count). The summed E-state index contributed by atoms with van der Waals surface area (Å²) >= 11 is 0. The molecular formula is C17H25N4O5P. The van der Waals surface area contributed by atoms with Gasteiger partial charge in [0.2, 0.25) is 0 Å². The van der Waals surface area contributed by atoms with Crippen LogP contribution in [-0.2, 0) is 24.0 Å². The summed E-state index contributed by atoms with van der Waals surface area (Å²) in [6, 6.07) is 7.69. The number of benzene rings is 1. The summed E-state index contributed by atoms with van der Waals surface area (Å²) in [4.78, 5) is 21.6. The molecule has 5 N–H and O–H groups in total. The molecule has 0 aliphatic heterocycles. The Morgan fingerprint density at radius 1 is 1.26 bits per heavy atom. The van der Waals surface area contributed by atoms with Crippen LogP contribution in [0.1, 0.15) is 36.4 Å². The molecule has 0 aliphatic carbocycles. The molecule has 0 saturated carbocycles. The van der Waals surface area contributed by atoms with E-state index >= 15 is 0 Å². The highest BCUT2D eigenvalue weighted by Gasteiger charge is 2.17. The molecule has 0 saturated heterocycles. The first-order valence-corrected chi connectivity index (χ1v) is 9.95. The molecule has 0 bridgehead atoms. The second-order valence-corrected chi connectivity index (χ2v) is 6.73. The highest BCUT2D eigenvalue weighted by Crippen LogP contribution is 2.31. The quantitative estimate of drug-likeness (QED) is 0.541. The van der Waals surface area contributed by atoms with Gasteiger partial charge in [0, 0.05) is 6.54 Å². The lowest BCUT2D eigenvalue weighted by Crippen LogP contribution is -2.13. The normalized spacial score (nSPS) is 10.7. The zero-order valence-corrected chi connectivity index (χ0v) is 16.5. The summed E-state index contributed by atoms with van der Waals surface area (Å²) in [5.74, 6) is 1.47. The molecule has 1 aromatic heterocycles. The lowest BCUT2D eigenvalue weighted by atomic mass is 10.1. The fourth-order valence-electron chi connectivity index (χ4n) is 2.52. The smallest absolute Gasteiger partial charge is 0.453 e. The Morgan fingerprint density at radius 2 is 1.89 bits per heavy atom. The Hall–Kier alpha value is -2.21. The van der Waals surface area contributed by atoms with Crippen molar-refractivity contribution >= 4 is 7.82 Å². The summed E-state index contributed by atoms with van der Waals surface area (Å²) in [7, 11) is -4.64. The van der Waals surface area contributed by atoms with Gasteiger partial charge in [-0.1, -0.05) is 13.8 Å². The lowest BCUT2D eigenvalue weighted by molar-refractivity contribution is 0.275. The van der Waals surface area contributed by atoms with Crippen LogP contribution < -0.4 is 10.5 Å². The van der Waals surface area contributed by atoms with Crippen molar-refractivity contribution in [3.63, 3.8) is 0 Å². The molecule has 1 heterocycles. The molecule has 9 nitrogen and oxygen atoms in total. The molecule has 0 amide bonds. The number of nitrogens with zero attached hydrogens (tertiary/aromatic N) is 3. The molecular weight excluding hydrogens is 371 g/mol. The minimum absolute atomic E-state index is 0.542. The summed E-state index contributed by atoms with van der Waals surface area (Å²) in [6.45, 7) is 7.30. The third-order valence-corrected chi connectivity index (χ3v) is 3.49. The van der Waals surface area contributed by atoms with Crippen LogP contribution in [0.25, 0.3) is 0 Å². The van der Waals surface area contributed by atoms with E-state index < -0.39 is 7.82 Å². The van der Waals surface area contributed by atoms with Gasteiger partial charge in [0.15, 0.2) is 5.75 Å². The molecule has 0 aliphatic rings. The van der Waals surface area contributed by atoms with Crippen molar-refractivity contribution in [2.24, 2.45) is 5.73 Å². The van der Waals surface area contributed by atoms with Crippen molar-refractivity contribution in [1.82, 2.24) is 9.78 Å². The van der Waals surface area contributed by atoms with Gasteiger partial charge < -0.3 is 25.2 Å². The van der Waals surface area contributed by atoms with Crippen molar-refractivity contribution in [1.29, 1.82) is 5.26 Å². The topological polar surface area (TPSA) is 155 Å². The molecule has 10 heteroatoms. The lowest BCUT2D eigenvalue weighted by Gasteiger charge is -2.10. The van der Waals surface area contributed by atoms with E-state index in [9.17, 15) is 0 Å². The highest BCUT2D eigenvalue weighted by molar-refractivity contribution is 7.45. The van der Waals surface area contributed by atoms with Crippen LogP contribution in [0.3, 0.4) is 0 Å². The van der Waals surface area contributed by atoms with E-state index in [4.69, 9.17) is 35.0 Å². The van der Waals surface area contributed by atoms with E-state index in [-0.39, 0.29) is 0 Å². The first-order chi connectivity index (χ1) is 12.6. The number of ether oxygens (including phenoxy) is 1. The Bertz CT molecular complexity index is 845. The van der Waals surface area contributed by atoms with Gasteiger partial charge in [-0.05, 0) is 43.5 Å². The van der Waals surface area contributed by atoms with Crippen molar-refractivity contribution in [3.05, 3.63) is 40.7 Å². The standard InChI is InChI=1S/C17H22N4O.H3O4P/c1-4-15-17(16(5-2)21(20-15)7-6-18)22-14-9-12(3)8-13(10-14)11-19;1-5(2,3)4/h8-10H,4-7,18H2,1-3H3;(H3,1,2,3,4). The SMILES string of the molecule is CCc1nn(CCN)c(CC)c1Oc1cc(C)cc(C#N)c1.O=P(O)(O)O. The Kier molecular flexibility index (Phi) is 8.63. The minimum atomic E-state index is -4.64. The number of hydrogen-bond acceptors (Lipinski definition) is 5. The highest BCUT2D eigenvalue weighted by atomic mass is 31.2. The maximum absolute atomic E-state index is 9.09. The molecule has 27 heavy (non-hydrogen) atoms. The first-order valence-electron chi connectivity index (χ1n) is 8.39. The van der Waals surface area contributed by atoms with Crippen LogP contribution in [0.5, 0.6) is 11.5 Å². The third-order valence-electron chi connectivity index (χ3n) is 3.49. The fraction of sp³-hybridized carbons (Fsp3) is 0.412. The number of hydrogen-bond donors (Lipinski definition) is 4. The maximum Gasteiger partial charge on any atom is 0.466 e. The van der Waals surface area contributed by atoms with Crippen LogP contribution in [0.15, 0.2) is 18.2 Å². The number of rotatable bonds is 6. The van der Waals surface area contributed by atoms with E-state index in [2.05, 4.69) is 25.0 Å². The molecule has 0 radical (unpaired) electrons. The number of aromatic nitrogens is 2. The predicted octanol–water partition coefficient (Wildman–Crippen LogP) is 2.01. The van der Waals surface area contributed by atoms with E-state index in [1.165, 1.54) is 0 Å². The molecule has 0 atom stereocenters. The molecule has 2 aromatic rings. The zero-order chi connectivity index (χ0) is 20.6. The van der Waals surface area contributed by atoms with E-state index in [0.29, 0.717) is 24.4 Å². The maximum atomic E-state index is 9.09. The number of nitrogens with two attached hydrogens (primary N) is 1. The van der Waals surface area contributed by atoms with Crippen LogP contribution in [0.4, 0.5) is 0 Å². The van der Waals surface area contributed by atoms with Gasteiger partial charge in [-0.15, -0.1) is 0 Å². The second-order valence-electron chi connectivity index (χ2n) is 5.70. The van der Waals surface area contributed by atoms with Crippen molar-refractivity contribution in [2.75, 3.05) is 6.54 Å². The molecule has 0 unspecified atom stereocenters. The largest absolute Gasteiger partial charge is 0.466 e. The third kappa shape index (κ3) is 7.51. The first kappa shape index (κ1) is 22.8. The van der Waals surface area contributed by atoms with E-state index in [1.54, 1.807) is 6.07 Å². The van der Waals surface area contributed by atoms with E-state index in [0.717, 1.165) is 35.5 Å². The Morgan fingerprint density at radius 3 is 2.37 bits per heavy atom. The molecule has 148 valence electrons. The Balaban J connectivity index is 0.000000646. The average molecular weight is 396 g/mol. The van der Waals surface area contributed by atoms with Crippen molar-refractivity contribution < 1.29 is 24.0 Å². The van der Waals surface area contributed by atoms with Gasteiger partial charge in [-0.25, -0.2) is 4.57 Å². The predicted molar refractivity (Wildman–Crippen MR) is 100 cm³/mol. The van der Waals surface area contributed by atoms with Gasteiger partial charge in [0.25, 0.3) is 0 Å². The van der Waals surface area contributed by atoms with Gasteiger partial charge in [0.1, 0.15) is 11.4 Å². The molecule has 0 spiro atoms. The summed E-state index contributed by atoms with van der Waals surface area (Å²) < 4.78 is 16.9. The molecule has 0 fully saturated rings. The van der Waals surface area contributed by atoms with Crippen LogP contribution >= 0.6 is 7.82 Å². The van der Waals surface area contributed by atoms with Crippen molar-refractivity contribution in [2.45, 2.75) is 40.2 Å². The van der Waals surface area contributed by atoms with Crippen LogP contribution in [0.2, 0.25) is 0 Å². The van der Waals surface area contributed by atoms with Crippen molar-refractivity contribution in [3.8, 4) is 17.6 Å². The average Bonchev–Trinajstić information content (AvgIpc) is 2.89. The minimum Gasteiger partial charge on any atom is -0.453 e. The Labute approximate surface area is 158 Å². The number of phosphoric acid groups is 1. The fourth-order valence-corrected chi connectivity index (χ4v) is 2.52. The second kappa shape index (κ2) is 10.2. The summed E-state index contributed by atoms with van der Waals surface area (Å²) in [5.41, 5.74) is 9.22. The van der Waals surface area contributed by atoms with E-state index in [1.807, 2.05) is 23.7 Å². The van der Waals surface area contributed by atoms with Crippen LogP contribution in [0, 0.1) is 18.3 Å². The number of nitriles is 1. The zero-order valence-electron chi connectivity index (χ0n) is 15.6. The van der Waals surface area contributed by atoms with Gasteiger partial charge in [-0.3, -0.25) is 4.68 Å². The number of aryl methyl sites for hydroxylation is 2. The van der Waals surface area contributed by atoms with Gasteiger partial charge in [-0.2, -0.15) is 10.4 Å². The summed E-state index contributed by atoms with van der Waals surface area (Å²) in [5, 5.41) is 13.7.